The summed E-state index contributed by atoms with van der Waals surface area (Å²) in [6, 6.07) is 60.3. The first-order valence-corrected chi connectivity index (χ1v) is 17.9. The molecule has 0 saturated heterocycles. The van der Waals surface area contributed by atoms with Gasteiger partial charge in [-0.25, -0.2) is 9.97 Å². The van der Waals surface area contributed by atoms with Crippen molar-refractivity contribution in [3.05, 3.63) is 170 Å². The molecule has 3 aromatic heterocycles. The number of hydrogen-bond donors (Lipinski definition) is 0. The number of nitrogens with zero attached hydrogens (tertiary/aromatic N) is 4. The van der Waals surface area contributed by atoms with Gasteiger partial charge in [-0.05, 0) is 77.2 Å². The molecular formula is C48H28N4O. The lowest BCUT2D eigenvalue weighted by Crippen LogP contribution is -2.06. The van der Waals surface area contributed by atoms with Crippen molar-refractivity contribution in [2.45, 2.75) is 0 Å². The van der Waals surface area contributed by atoms with Gasteiger partial charge in [-0.1, -0.05) is 109 Å². The molecule has 12 rings (SSSR count). The SMILES string of the molecule is c1ccc2c(c1)Oc1cccc3nc(-n4c5ccccc5c5ccc(-c6ccc7c(c6)c6ccccc6n7-c6cccc7ccccc67)cc54)nc-2c13. The van der Waals surface area contributed by atoms with Crippen LogP contribution in [0.5, 0.6) is 11.5 Å². The third kappa shape index (κ3) is 4.02. The van der Waals surface area contributed by atoms with E-state index < -0.39 is 0 Å². The van der Waals surface area contributed by atoms with Crippen molar-refractivity contribution in [1.82, 2.24) is 19.1 Å². The molecule has 1 aliphatic rings. The Balaban J connectivity index is 1.09. The molecule has 8 aromatic carbocycles. The van der Waals surface area contributed by atoms with E-state index in [4.69, 9.17) is 14.7 Å². The topological polar surface area (TPSA) is 44.9 Å². The summed E-state index contributed by atoms with van der Waals surface area (Å²) in [5, 5.41) is 8.18. The molecule has 0 atom stereocenters. The summed E-state index contributed by atoms with van der Waals surface area (Å²) in [4.78, 5) is 10.5. The van der Waals surface area contributed by atoms with E-state index in [1.165, 1.54) is 38.3 Å². The zero-order valence-electron chi connectivity index (χ0n) is 28.4. The predicted molar refractivity (Wildman–Crippen MR) is 217 cm³/mol. The van der Waals surface area contributed by atoms with Crippen molar-refractivity contribution in [3.63, 3.8) is 0 Å². The van der Waals surface area contributed by atoms with Crippen molar-refractivity contribution in [2.75, 3.05) is 0 Å². The van der Waals surface area contributed by atoms with Crippen LogP contribution in [0, 0.1) is 0 Å². The molecule has 0 N–H and O–H groups in total. The van der Waals surface area contributed by atoms with Gasteiger partial charge in [-0.15, -0.1) is 0 Å². The van der Waals surface area contributed by atoms with Crippen molar-refractivity contribution in [1.29, 1.82) is 0 Å². The lowest BCUT2D eigenvalue weighted by molar-refractivity contribution is 0.486. The summed E-state index contributed by atoms with van der Waals surface area (Å²) in [5.41, 5.74) is 10.7. The summed E-state index contributed by atoms with van der Waals surface area (Å²) in [7, 11) is 0. The molecule has 53 heavy (non-hydrogen) atoms. The molecule has 0 saturated carbocycles. The molecule has 0 bridgehead atoms. The number of hydrogen-bond acceptors (Lipinski definition) is 3. The first kappa shape index (κ1) is 28.5. The fourth-order valence-electron chi connectivity index (χ4n) is 8.57. The first-order chi connectivity index (χ1) is 26.3. The third-order valence-corrected chi connectivity index (χ3v) is 10.9. The number of fused-ring (bicyclic) bond motifs is 9. The van der Waals surface area contributed by atoms with Gasteiger partial charge in [0.25, 0.3) is 0 Å². The fraction of sp³-hybridized carbons (Fsp3) is 0. The second kappa shape index (κ2) is 10.6. The molecule has 0 fully saturated rings. The third-order valence-electron chi connectivity index (χ3n) is 10.9. The lowest BCUT2D eigenvalue weighted by Gasteiger charge is -2.21. The molecule has 4 heterocycles. The van der Waals surface area contributed by atoms with E-state index in [2.05, 4.69) is 143 Å². The Hall–Kier alpha value is -7.24. The highest BCUT2D eigenvalue weighted by atomic mass is 16.5. The van der Waals surface area contributed by atoms with Crippen LogP contribution in [0.25, 0.3) is 99.3 Å². The molecule has 11 aromatic rings. The summed E-state index contributed by atoms with van der Waals surface area (Å²) >= 11 is 0. The maximum Gasteiger partial charge on any atom is 0.235 e. The molecule has 5 nitrogen and oxygen atoms in total. The highest BCUT2D eigenvalue weighted by molar-refractivity contribution is 6.13. The number of para-hydroxylation sites is 3. The smallest absolute Gasteiger partial charge is 0.235 e. The van der Waals surface area contributed by atoms with Crippen LogP contribution >= 0.6 is 0 Å². The minimum absolute atomic E-state index is 0.637. The van der Waals surface area contributed by atoms with Crippen LogP contribution in [-0.4, -0.2) is 19.1 Å². The second-order valence-corrected chi connectivity index (χ2v) is 13.8. The fourth-order valence-corrected chi connectivity index (χ4v) is 8.57. The number of rotatable bonds is 3. The van der Waals surface area contributed by atoms with Gasteiger partial charge in [0.2, 0.25) is 5.95 Å². The standard InChI is InChI=1S/C48H28N4O/c1-2-13-32-29(11-1)12-9-20-39(32)51-40-18-6-4-15-34(40)37-27-30(24-26-42(37)51)31-23-25-35-33-14-3-7-19-41(33)52(43(35)28-31)48-49-38-17-10-22-45-46(38)47(50-48)36-16-5-8-21-44(36)53-45/h1-28H. The Bertz CT molecular complexity index is 3330. The van der Waals surface area contributed by atoms with Crippen molar-refractivity contribution < 1.29 is 4.74 Å². The van der Waals surface area contributed by atoms with Crippen LogP contribution in [-0.2, 0) is 0 Å². The largest absolute Gasteiger partial charge is 0.456 e. The average Bonchev–Trinajstić information content (AvgIpc) is 3.73. The van der Waals surface area contributed by atoms with Crippen LogP contribution in [0.2, 0.25) is 0 Å². The highest BCUT2D eigenvalue weighted by Crippen LogP contribution is 2.46. The Morgan fingerprint density at radius 1 is 0.415 bits per heavy atom. The van der Waals surface area contributed by atoms with Gasteiger partial charge >= 0.3 is 0 Å². The van der Waals surface area contributed by atoms with Crippen LogP contribution < -0.4 is 4.74 Å². The van der Waals surface area contributed by atoms with Gasteiger partial charge in [0.05, 0.1) is 44.4 Å². The first-order valence-electron chi connectivity index (χ1n) is 17.9. The van der Waals surface area contributed by atoms with E-state index in [-0.39, 0.29) is 0 Å². The highest BCUT2D eigenvalue weighted by Gasteiger charge is 2.24. The quantitative estimate of drug-likeness (QED) is 0.187. The number of ether oxygens (including phenoxy) is 1. The van der Waals surface area contributed by atoms with Gasteiger partial charge in [0.15, 0.2) is 0 Å². The predicted octanol–water partition coefficient (Wildman–Crippen LogP) is 12.4. The molecule has 5 heteroatoms. The Morgan fingerprint density at radius 3 is 1.96 bits per heavy atom. The normalized spacial score (nSPS) is 12.3. The maximum absolute atomic E-state index is 6.30. The summed E-state index contributed by atoms with van der Waals surface area (Å²) in [6.07, 6.45) is 0. The van der Waals surface area contributed by atoms with Crippen LogP contribution in [0.4, 0.5) is 0 Å². The molecular weight excluding hydrogens is 649 g/mol. The van der Waals surface area contributed by atoms with Gasteiger partial charge in [0, 0.05) is 32.5 Å². The minimum Gasteiger partial charge on any atom is -0.456 e. The van der Waals surface area contributed by atoms with Crippen LogP contribution in [0.15, 0.2) is 170 Å². The molecule has 0 amide bonds. The molecule has 0 unspecified atom stereocenters. The van der Waals surface area contributed by atoms with E-state index in [1.54, 1.807) is 0 Å². The van der Waals surface area contributed by atoms with Crippen molar-refractivity contribution in [3.8, 4) is 45.5 Å². The monoisotopic (exact) mass is 676 g/mol. The van der Waals surface area contributed by atoms with Crippen LogP contribution in [0.3, 0.4) is 0 Å². The van der Waals surface area contributed by atoms with Gasteiger partial charge < -0.3 is 9.30 Å². The van der Waals surface area contributed by atoms with Crippen LogP contribution in [0.1, 0.15) is 0 Å². The summed E-state index contributed by atoms with van der Waals surface area (Å²) < 4.78 is 10.9. The van der Waals surface area contributed by atoms with E-state index in [0.717, 1.165) is 66.6 Å². The van der Waals surface area contributed by atoms with Crippen molar-refractivity contribution >= 4 is 65.3 Å². The molecule has 1 aliphatic heterocycles. The van der Waals surface area contributed by atoms with E-state index in [0.29, 0.717) is 5.95 Å². The van der Waals surface area contributed by atoms with Gasteiger partial charge in [0.1, 0.15) is 11.5 Å². The number of aromatic nitrogens is 4. The Morgan fingerprint density at radius 2 is 1.06 bits per heavy atom. The Labute approximate surface area is 303 Å². The molecule has 0 radical (unpaired) electrons. The van der Waals surface area contributed by atoms with Gasteiger partial charge in [-0.3, -0.25) is 4.57 Å². The zero-order valence-corrected chi connectivity index (χ0v) is 28.4. The van der Waals surface area contributed by atoms with E-state index >= 15 is 0 Å². The second-order valence-electron chi connectivity index (χ2n) is 13.8. The van der Waals surface area contributed by atoms with Gasteiger partial charge in [-0.2, -0.15) is 0 Å². The van der Waals surface area contributed by atoms with E-state index in [9.17, 15) is 0 Å². The maximum atomic E-state index is 6.30. The summed E-state index contributed by atoms with van der Waals surface area (Å²) in [6.45, 7) is 0. The molecule has 246 valence electrons. The minimum atomic E-state index is 0.637. The molecule has 0 spiro atoms. The zero-order chi connectivity index (χ0) is 34.6. The Kier molecular flexibility index (Phi) is 5.71. The molecule has 0 aliphatic carbocycles. The summed E-state index contributed by atoms with van der Waals surface area (Å²) in [5.74, 6) is 2.22. The lowest BCUT2D eigenvalue weighted by atomic mass is 10.0. The number of benzene rings is 8. The average molecular weight is 677 g/mol. The van der Waals surface area contributed by atoms with Crippen molar-refractivity contribution in [2.24, 2.45) is 0 Å². The van der Waals surface area contributed by atoms with E-state index in [1.807, 2.05) is 36.4 Å².